The highest BCUT2D eigenvalue weighted by atomic mass is 35.5. The molecule has 7 nitrogen and oxygen atoms in total. The van der Waals surface area contributed by atoms with Crippen molar-refractivity contribution in [2.75, 3.05) is 12.0 Å². The minimum absolute atomic E-state index is 0.0370. The van der Waals surface area contributed by atoms with Gasteiger partial charge in [-0.1, -0.05) is 23.7 Å². The number of imidazole rings is 1. The van der Waals surface area contributed by atoms with E-state index in [1.54, 1.807) is 11.8 Å². The number of carbonyl (C=O) groups excluding carboxylic acids is 1. The van der Waals surface area contributed by atoms with Crippen LogP contribution in [-0.4, -0.2) is 32.8 Å². The largest absolute Gasteiger partial charge is 0.342 e. The molecule has 3 aromatic rings. The second-order valence-electron chi connectivity index (χ2n) is 5.87. The summed E-state index contributed by atoms with van der Waals surface area (Å²) in [6.45, 7) is 0. The second kappa shape index (κ2) is 8.41. The topological polar surface area (TPSA) is 101 Å². The van der Waals surface area contributed by atoms with Gasteiger partial charge in [-0.25, -0.2) is 4.98 Å². The molecule has 0 saturated heterocycles. The number of nitrogens with zero attached hydrogens (tertiary/aromatic N) is 2. The molecule has 9 heteroatoms. The number of amides is 1. The van der Waals surface area contributed by atoms with Crippen molar-refractivity contribution < 1.29 is 9.72 Å². The Hall–Kier alpha value is -2.58. The fraction of sp³-hybridized carbons (Fsp3) is 0.222. The zero-order valence-corrected chi connectivity index (χ0v) is 16.0. The number of nitrogens with one attached hydrogen (secondary N) is 2. The maximum Gasteiger partial charge on any atom is 0.270 e. The first-order valence-electron chi connectivity index (χ1n) is 8.18. The van der Waals surface area contributed by atoms with E-state index in [-0.39, 0.29) is 22.3 Å². The molecule has 0 fully saturated rings. The number of para-hydroxylation sites is 2. The van der Waals surface area contributed by atoms with E-state index < -0.39 is 10.8 Å². The number of rotatable bonds is 7. The number of aromatic amines is 1. The number of carbonyl (C=O) groups is 1. The molecule has 3 rings (SSSR count). The summed E-state index contributed by atoms with van der Waals surface area (Å²) in [4.78, 5) is 30.8. The first-order chi connectivity index (χ1) is 13.0. The zero-order chi connectivity index (χ0) is 19.4. The van der Waals surface area contributed by atoms with Crippen LogP contribution in [0.1, 0.15) is 28.6 Å². The third kappa shape index (κ3) is 4.40. The van der Waals surface area contributed by atoms with Crippen molar-refractivity contribution in [3.63, 3.8) is 0 Å². The average molecular weight is 405 g/mol. The molecule has 2 N–H and O–H groups in total. The highest BCUT2D eigenvalue weighted by Crippen LogP contribution is 2.25. The third-order valence-electron chi connectivity index (χ3n) is 4.06. The van der Waals surface area contributed by atoms with E-state index in [0.29, 0.717) is 12.2 Å². The van der Waals surface area contributed by atoms with Crippen molar-refractivity contribution in [2.45, 2.75) is 12.5 Å². The van der Waals surface area contributed by atoms with Crippen molar-refractivity contribution in [1.82, 2.24) is 15.3 Å². The molecule has 0 unspecified atom stereocenters. The molecule has 0 spiro atoms. The molecular weight excluding hydrogens is 388 g/mol. The van der Waals surface area contributed by atoms with Crippen LogP contribution in [0, 0.1) is 10.1 Å². The molecule has 27 heavy (non-hydrogen) atoms. The molecule has 2 aromatic carbocycles. The average Bonchev–Trinajstić information content (AvgIpc) is 3.08. The summed E-state index contributed by atoms with van der Waals surface area (Å²) < 4.78 is 0. The van der Waals surface area contributed by atoms with Crippen LogP contribution in [0.3, 0.4) is 0 Å². The molecule has 1 aromatic heterocycles. The molecule has 1 heterocycles. The van der Waals surface area contributed by atoms with Crippen LogP contribution >= 0.6 is 23.4 Å². The second-order valence-corrected chi connectivity index (χ2v) is 7.26. The van der Waals surface area contributed by atoms with E-state index >= 15 is 0 Å². The van der Waals surface area contributed by atoms with Crippen LogP contribution < -0.4 is 5.32 Å². The first-order valence-corrected chi connectivity index (χ1v) is 9.95. The van der Waals surface area contributed by atoms with Crippen LogP contribution in [0.2, 0.25) is 5.02 Å². The summed E-state index contributed by atoms with van der Waals surface area (Å²) >= 11 is 7.74. The number of halogens is 1. The van der Waals surface area contributed by atoms with Crippen LogP contribution in [0.15, 0.2) is 42.5 Å². The molecular formula is C18H17ClN4O3S. The minimum Gasteiger partial charge on any atom is -0.342 e. The van der Waals surface area contributed by atoms with Gasteiger partial charge in [0.25, 0.3) is 11.6 Å². The fourth-order valence-corrected chi connectivity index (χ4v) is 3.42. The van der Waals surface area contributed by atoms with E-state index in [9.17, 15) is 14.9 Å². The van der Waals surface area contributed by atoms with Crippen molar-refractivity contribution in [1.29, 1.82) is 0 Å². The van der Waals surface area contributed by atoms with Gasteiger partial charge in [0, 0.05) is 12.1 Å². The number of nitro benzene ring substituents is 1. The lowest BCUT2D eigenvalue weighted by Crippen LogP contribution is -2.30. The van der Waals surface area contributed by atoms with Gasteiger partial charge < -0.3 is 10.3 Å². The summed E-state index contributed by atoms with van der Waals surface area (Å²) in [6, 6.07) is 11.1. The van der Waals surface area contributed by atoms with E-state index in [4.69, 9.17) is 11.6 Å². The number of hydrogen-bond donors (Lipinski definition) is 2. The predicted molar refractivity (Wildman–Crippen MR) is 107 cm³/mol. The molecule has 0 aliphatic rings. The lowest BCUT2D eigenvalue weighted by atomic mass is 10.1. The monoisotopic (exact) mass is 404 g/mol. The van der Waals surface area contributed by atoms with Gasteiger partial charge >= 0.3 is 0 Å². The Kier molecular flexibility index (Phi) is 5.98. The number of nitro groups is 1. The molecule has 140 valence electrons. The van der Waals surface area contributed by atoms with Gasteiger partial charge in [-0.3, -0.25) is 14.9 Å². The summed E-state index contributed by atoms with van der Waals surface area (Å²) in [5.74, 6) is 1.09. The Morgan fingerprint density at radius 2 is 2.15 bits per heavy atom. The van der Waals surface area contributed by atoms with E-state index in [1.807, 2.05) is 30.5 Å². The lowest BCUT2D eigenvalue weighted by Gasteiger charge is -2.16. The number of fused-ring (bicyclic) bond motifs is 1. The van der Waals surface area contributed by atoms with Gasteiger partial charge in [0.2, 0.25) is 0 Å². The number of hydrogen-bond acceptors (Lipinski definition) is 5. The molecule has 0 bridgehead atoms. The smallest absolute Gasteiger partial charge is 0.270 e. The number of non-ortho nitro benzene ring substituents is 1. The lowest BCUT2D eigenvalue weighted by molar-refractivity contribution is -0.384. The molecule has 1 amide bonds. The summed E-state index contributed by atoms with van der Waals surface area (Å²) in [5.41, 5.74) is 1.74. The molecule has 0 aliphatic carbocycles. The van der Waals surface area contributed by atoms with Crippen molar-refractivity contribution in [3.05, 3.63) is 69.0 Å². The van der Waals surface area contributed by atoms with Gasteiger partial charge in [0.15, 0.2) is 0 Å². The number of aromatic nitrogens is 2. The number of benzene rings is 2. The van der Waals surface area contributed by atoms with Crippen molar-refractivity contribution >= 4 is 46.0 Å². The Morgan fingerprint density at radius 1 is 1.37 bits per heavy atom. The summed E-state index contributed by atoms with van der Waals surface area (Å²) in [5, 5.41) is 13.8. The van der Waals surface area contributed by atoms with Gasteiger partial charge in [0.1, 0.15) is 5.82 Å². The number of thioether (sulfide) groups is 1. The SMILES string of the molecule is CSCC[C@H](NC(=O)c1ccc([N+](=O)[O-])cc1Cl)c1nc2ccccc2[nH]1. The molecule has 1 atom stereocenters. The van der Waals surface area contributed by atoms with E-state index in [0.717, 1.165) is 16.8 Å². The van der Waals surface area contributed by atoms with Crippen LogP contribution in [0.4, 0.5) is 5.69 Å². The predicted octanol–water partition coefficient (Wildman–Crippen LogP) is 4.35. The van der Waals surface area contributed by atoms with Crippen LogP contribution in [0.5, 0.6) is 0 Å². The van der Waals surface area contributed by atoms with Gasteiger partial charge in [0.05, 0.1) is 32.6 Å². The molecule has 0 aliphatic heterocycles. The third-order valence-corrected chi connectivity index (χ3v) is 5.02. The fourth-order valence-electron chi connectivity index (χ4n) is 2.69. The van der Waals surface area contributed by atoms with Crippen LogP contribution in [0.25, 0.3) is 11.0 Å². The first kappa shape index (κ1) is 19.2. The van der Waals surface area contributed by atoms with Crippen molar-refractivity contribution in [2.24, 2.45) is 0 Å². The molecule has 0 saturated carbocycles. The van der Waals surface area contributed by atoms with E-state index in [2.05, 4.69) is 15.3 Å². The van der Waals surface area contributed by atoms with Gasteiger partial charge in [-0.15, -0.1) is 0 Å². The summed E-state index contributed by atoms with van der Waals surface area (Å²) in [6.07, 6.45) is 2.67. The molecule has 0 radical (unpaired) electrons. The minimum atomic E-state index is -0.552. The van der Waals surface area contributed by atoms with Gasteiger partial charge in [-0.2, -0.15) is 11.8 Å². The summed E-state index contributed by atoms with van der Waals surface area (Å²) in [7, 11) is 0. The van der Waals surface area contributed by atoms with E-state index in [1.165, 1.54) is 18.2 Å². The highest BCUT2D eigenvalue weighted by molar-refractivity contribution is 7.98. The Labute approximate surface area is 164 Å². The normalized spacial score (nSPS) is 12.1. The Morgan fingerprint density at radius 3 is 2.81 bits per heavy atom. The maximum atomic E-state index is 12.7. The van der Waals surface area contributed by atoms with Gasteiger partial charge in [-0.05, 0) is 36.6 Å². The quantitative estimate of drug-likeness (QED) is 0.450. The standard InChI is InChI=1S/C18H17ClN4O3S/c1-27-9-8-16(17-20-14-4-2-3-5-15(14)21-17)22-18(24)12-7-6-11(23(25)26)10-13(12)19/h2-7,10,16H,8-9H2,1H3,(H,20,21)(H,22,24)/t16-/m0/s1. The maximum absolute atomic E-state index is 12.7. The number of H-pyrrole nitrogens is 1. The Bertz CT molecular complexity index is 959. The zero-order valence-electron chi connectivity index (χ0n) is 14.4. The van der Waals surface area contributed by atoms with Crippen LogP contribution in [-0.2, 0) is 0 Å². The Balaban J connectivity index is 1.85. The highest BCUT2D eigenvalue weighted by Gasteiger charge is 2.21. The van der Waals surface area contributed by atoms with Crippen molar-refractivity contribution in [3.8, 4) is 0 Å².